The summed E-state index contributed by atoms with van der Waals surface area (Å²) < 4.78 is 14.3. The number of hydrogen-bond acceptors (Lipinski definition) is 6. The van der Waals surface area contributed by atoms with Crippen molar-refractivity contribution in [1.29, 1.82) is 0 Å². The van der Waals surface area contributed by atoms with Crippen LogP contribution in [0.4, 0.5) is 15.9 Å². The van der Waals surface area contributed by atoms with Crippen LogP contribution in [0.1, 0.15) is 37.6 Å². The number of pyridine rings is 1. The van der Waals surface area contributed by atoms with Crippen molar-refractivity contribution in [3.05, 3.63) is 76.6 Å². The van der Waals surface area contributed by atoms with E-state index in [9.17, 15) is 9.18 Å². The number of anilines is 2. The van der Waals surface area contributed by atoms with E-state index in [2.05, 4.69) is 32.4 Å². The number of allylic oxidation sites excluding steroid dienone is 1. The minimum atomic E-state index is -0.407. The summed E-state index contributed by atoms with van der Waals surface area (Å²) in [6, 6.07) is 9.92. The first-order valence-corrected chi connectivity index (χ1v) is 11.9. The summed E-state index contributed by atoms with van der Waals surface area (Å²) in [6.45, 7) is 11.8. The van der Waals surface area contributed by atoms with Crippen LogP contribution in [0.5, 0.6) is 0 Å². The molecule has 8 heteroatoms. The van der Waals surface area contributed by atoms with Crippen molar-refractivity contribution in [2.45, 2.75) is 27.2 Å². The maximum absolute atomic E-state index is 14.3. The Bertz CT molecular complexity index is 903. The lowest BCUT2D eigenvalue weighted by Gasteiger charge is -2.14. The van der Waals surface area contributed by atoms with Crippen LogP contribution >= 0.6 is 11.8 Å². The average molecular weight is 474 g/mol. The first-order chi connectivity index (χ1) is 15.9. The second kappa shape index (κ2) is 15.9. The molecule has 2 rings (SSSR count). The summed E-state index contributed by atoms with van der Waals surface area (Å²) in [7, 11) is 3.97. The predicted octanol–water partition coefficient (Wildman–Crippen LogP) is 5.56. The molecule has 0 radical (unpaired) electrons. The van der Waals surface area contributed by atoms with Gasteiger partial charge < -0.3 is 20.9 Å². The Morgan fingerprint density at radius 3 is 2.64 bits per heavy atom. The second-order valence-corrected chi connectivity index (χ2v) is 8.30. The molecule has 1 aromatic heterocycles. The lowest BCUT2D eigenvalue weighted by Crippen LogP contribution is -2.27. The third-order valence-electron chi connectivity index (χ3n) is 4.26. The lowest BCUT2D eigenvalue weighted by molar-refractivity contribution is 0.0952. The normalized spacial score (nSPS) is 10.8. The third kappa shape index (κ3) is 11.0. The van der Waals surface area contributed by atoms with Gasteiger partial charge in [0.15, 0.2) is 0 Å². The van der Waals surface area contributed by atoms with E-state index in [1.165, 1.54) is 30.0 Å². The summed E-state index contributed by atoms with van der Waals surface area (Å²) in [5.74, 6) is 0.0872. The van der Waals surface area contributed by atoms with E-state index in [-0.39, 0.29) is 11.6 Å². The molecule has 0 fully saturated rings. The molecule has 0 atom stereocenters. The van der Waals surface area contributed by atoms with Gasteiger partial charge in [-0.05, 0) is 64.3 Å². The molecule has 0 aliphatic carbocycles. The highest BCUT2D eigenvalue weighted by Crippen LogP contribution is 2.26. The largest absolute Gasteiger partial charge is 0.378 e. The Labute approximate surface area is 201 Å². The van der Waals surface area contributed by atoms with Gasteiger partial charge in [0.25, 0.3) is 5.91 Å². The van der Waals surface area contributed by atoms with Crippen molar-refractivity contribution in [3.63, 3.8) is 0 Å². The van der Waals surface area contributed by atoms with Crippen molar-refractivity contribution in [2.75, 3.05) is 44.4 Å². The molecule has 0 aliphatic rings. The molecular weight excluding hydrogens is 437 g/mol. The molecule has 2 aromatic rings. The van der Waals surface area contributed by atoms with Crippen LogP contribution < -0.4 is 16.0 Å². The number of amides is 1. The van der Waals surface area contributed by atoms with Gasteiger partial charge in [-0.15, -0.1) is 0 Å². The Kier molecular flexibility index (Phi) is 13.6. The van der Waals surface area contributed by atoms with Crippen molar-refractivity contribution in [3.8, 4) is 0 Å². The molecule has 3 N–H and O–H groups in total. The number of carbonyl (C=O) groups excluding carboxylic acids is 1. The topological polar surface area (TPSA) is 69.3 Å². The SMILES string of the molecule is C=C(Nc1ccccn1)S/C(=C\C)CNc1cc(C(=O)NCCCN(C)C)ccc1F.CC. The summed E-state index contributed by atoms with van der Waals surface area (Å²) in [5.41, 5.74) is 0.703. The number of rotatable bonds is 12. The zero-order chi connectivity index (χ0) is 24.6. The van der Waals surface area contributed by atoms with Crippen LogP contribution in [0, 0.1) is 5.82 Å². The number of carbonyl (C=O) groups is 1. The van der Waals surface area contributed by atoms with Crippen molar-refractivity contribution < 1.29 is 9.18 Å². The molecule has 180 valence electrons. The minimum absolute atomic E-state index is 0.213. The van der Waals surface area contributed by atoms with Crippen LogP contribution in [0.2, 0.25) is 0 Å². The summed E-state index contributed by atoms with van der Waals surface area (Å²) in [4.78, 5) is 19.6. The predicted molar refractivity (Wildman–Crippen MR) is 140 cm³/mol. The van der Waals surface area contributed by atoms with E-state index in [0.29, 0.717) is 29.5 Å². The van der Waals surface area contributed by atoms with E-state index in [0.717, 1.165) is 17.9 Å². The maximum atomic E-state index is 14.3. The van der Waals surface area contributed by atoms with Gasteiger partial charge >= 0.3 is 0 Å². The van der Waals surface area contributed by atoms with E-state index in [1.807, 2.05) is 59.1 Å². The molecule has 0 aliphatic heterocycles. The zero-order valence-corrected chi connectivity index (χ0v) is 21.1. The number of halogens is 1. The van der Waals surface area contributed by atoms with Crippen molar-refractivity contribution in [2.24, 2.45) is 0 Å². The van der Waals surface area contributed by atoms with Crippen LogP contribution in [-0.4, -0.2) is 49.5 Å². The Morgan fingerprint density at radius 1 is 1.24 bits per heavy atom. The second-order valence-electron chi connectivity index (χ2n) is 7.08. The van der Waals surface area contributed by atoms with Gasteiger partial charge in [0.1, 0.15) is 11.6 Å². The average Bonchev–Trinajstić information content (AvgIpc) is 2.82. The van der Waals surface area contributed by atoms with Crippen LogP contribution in [0.3, 0.4) is 0 Å². The van der Waals surface area contributed by atoms with Gasteiger partial charge in [-0.2, -0.15) is 0 Å². The molecule has 6 nitrogen and oxygen atoms in total. The Morgan fingerprint density at radius 2 is 2.00 bits per heavy atom. The first kappa shape index (κ1) is 28.2. The monoisotopic (exact) mass is 473 g/mol. The molecule has 0 saturated heterocycles. The number of aromatic nitrogens is 1. The fourth-order valence-electron chi connectivity index (χ4n) is 2.64. The number of thioether (sulfide) groups is 1. The Balaban J connectivity index is 0.00000265. The van der Waals surface area contributed by atoms with Gasteiger partial charge in [-0.25, -0.2) is 9.37 Å². The summed E-state index contributed by atoms with van der Waals surface area (Å²) in [5, 5.41) is 9.78. The number of benzene rings is 1. The molecule has 0 spiro atoms. The molecule has 0 saturated carbocycles. The minimum Gasteiger partial charge on any atom is -0.378 e. The van der Waals surface area contributed by atoms with Gasteiger partial charge in [-0.3, -0.25) is 4.79 Å². The molecule has 0 bridgehead atoms. The third-order valence-corrected chi connectivity index (χ3v) is 5.25. The standard InChI is InChI=1S/C23H30FN5OS.C2H6/c1-5-19(31-17(2)28-22-9-6-7-12-25-22)16-27-21-15-18(10-11-20(21)24)23(30)26-13-8-14-29(3)4;1-2/h5-7,9-12,15,27H,2,8,13-14,16H2,1,3-4H3,(H,25,28)(H,26,30);1-2H3/b19-5-;. The molecule has 1 aromatic carbocycles. The van der Waals surface area contributed by atoms with Gasteiger partial charge in [0.2, 0.25) is 0 Å². The molecule has 0 unspecified atom stereocenters. The Hall–Kier alpha value is -2.84. The molecule has 1 amide bonds. The van der Waals surface area contributed by atoms with Gasteiger partial charge in [-0.1, -0.05) is 44.3 Å². The van der Waals surface area contributed by atoms with E-state index in [1.54, 1.807) is 6.20 Å². The molecule has 1 heterocycles. The van der Waals surface area contributed by atoms with Crippen LogP contribution in [-0.2, 0) is 0 Å². The van der Waals surface area contributed by atoms with Crippen LogP contribution in [0.15, 0.2) is 65.2 Å². The van der Waals surface area contributed by atoms with E-state index in [4.69, 9.17) is 0 Å². The number of nitrogens with one attached hydrogen (secondary N) is 3. The van der Waals surface area contributed by atoms with Gasteiger partial charge in [0, 0.05) is 29.8 Å². The highest BCUT2D eigenvalue weighted by atomic mass is 32.2. The fourth-order valence-corrected chi connectivity index (χ4v) is 3.38. The lowest BCUT2D eigenvalue weighted by atomic mass is 10.1. The number of nitrogens with zero attached hydrogens (tertiary/aromatic N) is 2. The van der Waals surface area contributed by atoms with Gasteiger partial charge in [0.05, 0.1) is 10.7 Å². The highest BCUT2D eigenvalue weighted by Gasteiger charge is 2.11. The van der Waals surface area contributed by atoms with E-state index < -0.39 is 5.82 Å². The van der Waals surface area contributed by atoms with E-state index >= 15 is 0 Å². The summed E-state index contributed by atoms with van der Waals surface area (Å²) in [6.07, 6.45) is 4.48. The quantitative estimate of drug-likeness (QED) is 0.351. The maximum Gasteiger partial charge on any atom is 0.251 e. The fraction of sp³-hybridized carbons (Fsp3) is 0.360. The highest BCUT2D eigenvalue weighted by molar-refractivity contribution is 8.06. The van der Waals surface area contributed by atoms with Crippen LogP contribution in [0.25, 0.3) is 0 Å². The molecule has 33 heavy (non-hydrogen) atoms. The smallest absolute Gasteiger partial charge is 0.251 e. The van der Waals surface area contributed by atoms with Crippen molar-refractivity contribution in [1.82, 2.24) is 15.2 Å². The number of hydrogen-bond donors (Lipinski definition) is 3. The van der Waals surface area contributed by atoms with Crippen molar-refractivity contribution >= 4 is 29.2 Å². The first-order valence-electron chi connectivity index (χ1n) is 11.1. The molecular formula is C25H36FN5OS. The zero-order valence-electron chi connectivity index (χ0n) is 20.2. The summed E-state index contributed by atoms with van der Waals surface area (Å²) >= 11 is 1.44.